The third-order valence-corrected chi connectivity index (χ3v) is 5.26. The first kappa shape index (κ1) is 17.7. The number of aromatic amines is 1. The van der Waals surface area contributed by atoms with Crippen molar-refractivity contribution >= 4 is 5.91 Å². The number of aromatic nitrogens is 4. The van der Waals surface area contributed by atoms with E-state index < -0.39 is 0 Å². The summed E-state index contributed by atoms with van der Waals surface area (Å²) in [7, 11) is 0. The van der Waals surface area contributed by atoms with Crippen molar-refractivity contribution in [3.8, 4) is 0 Å². The summed E-state index contributed by atoms with van der Waals surface area (Å²) in [5.74, 6) is 0.631. The first-order valence-corrected chi connectivity index (χ1v) is 9.33. The van der Waals surface area contributed by atoms with Crippen LogP contribution in [0.4, 0.5) is 0 Å². The molecule has 1 amide bonds. The molecule has 1 atom stereocenters. The van der Waals surface area contributed by atoms with Gasteiger partial charge in [0.1, 0.15) is 0 Å². The largest absolute Gasteiger partial charge is 0.338 e. The Morgan fingerprint density at radius 2 is 2.16 bits per heavy atom. The number of hydrogen-bond donors (Lipinski definition) is 1. The molecule has 3 heterocycles. The van der Waals surface area contributed by atoms with E-state index in [2.05, 4.69) is 29.1 Å². The van der Waals surface area contributed by atoms with Crippen molar-refractivity contribution in [1.82, 2.24) is 24.9 Å². The summed E-state index contributed by atoms with van der Waals surface area (Å²) >= 11 is 0. The van der Waals surface area contributed by atoms with Crippen molar-refractivity contribution in [2.75, 3.05) is 13.1 Å². The molecule has 1 N–H and O–H groups in total. The molecule has 0 unspecified atom stereocenters. The number of likely N-dealkylation sites (tertiary alicyclic amines) is 1. The van der Waals surface area contributed by atoms with Gasteiger partial charge in [-0.2, -0.15) is 10.2 Å². The summed E-state index contributed by atoms with van der Waals surface area (Å²) < 4.78 is 1.97. The van der Waals surface area contributed by atoms with Crippen LogP contribution in [0.15, 0.2) is 6.20 Å². The maximum Gasteiger partial charge on any atom is 0.257 e. The highest BCUT2D eigenvalue weighted by atomic mass is 16.2. The lowest BCUT2D eigenvalue weighted by Gasteiger charge is -2.33. The Kier molecular flexibility index (Phi) is 5.25. The molecular weight excluding hydrogens is 314 g/mol. The fourth-order valence-electron chi connectivity index (χ4n) is 3.88. The second kappa shape index (κ2) is 7.42. The van der Waals surface area contributed by atoms with E-state index in [0.717, 1.165) is 62.3 Å². The van der Waals surface area contributed by atoms with E-state index in [4.69, 9.17) is 0 Å². The Balaban J connectivity index is 1.73. The van der Waals surface area contributed by atoms with Crippen molar-refractivity contribution in [2.45, 2.75) is 59.9 Å². The van der Waals surface area contributed by atoms with E-state index in [1.165, 1.54) is 11.3 Å². The molecule has 0 aliphatic carbocycles. The minimum Gasteiger partial charge on any atom is -0.338 e. The summed E-state index contributed by atoms with van der Waals surface area (Å²) in [6, 6.07) is 0. The number of aryl methyl sites for hydroxylation is 3. The predicted octanol–water partition coefficient (Wildman–Crippen LogP) is 3.04. The number of nitrogens with zero attached hydrogens (tertiary/aromatic N) is 4. The minimum atomic E-state index is 0.142. The van der Waals surface area contributed by atoms with Crippen molar-refractivity contribution in [2.24, 2.45) is 5.92 Å². The van der Waals surface area contributed by atoms with Gasteiger partial charge in [-0.1, -0.05) is 6.92 Å². The maximum atomic E-state index is 13.1. The van der Waals surface area contributed by atoms with Gasteiger partial charge in [0.15, 0.2) is 0 Å². The Bertz CT molecular complexity index is 745. The van der Waals surface area contributed by atoms with Crippen LogP contribution in [-0.2, 0) is 13.0 Å². The van der Waals surface area contributed by atoms with E-state index in [-0.39, 0.29) is 5.91 Å². The van der Waals surface area contributed by atoms with Crippen molar-refractivity contribution < 1.29 is 4.79 Å². The molecule has 0 radical (unpaired) electrons. The molecule has 2 aromatic heterocycles. The highest BCUT2D eigenvalue weighted by Crippen LogP contribution is 2.24. The molecule has 0 saturated carbocycles. The molecule has 6 nitrogen and oxygen atoms in total. The Hall–Kier alpha value is -2.11. The van der Waals surface area contributed by atoms with E-state index in [1.807, 2.05) is 29.6 Å². The van der Waals surface area contributed by atoms with Crippen LogP contribution in [0.25, 0.3) is 0 Å². The molecule has 25 heavy (non-hydrogen) atoms. The smallest absolute Gasteiger partial charge is 0.257 e. The zero-order valence-electron chi connectivity index (χ0n) is 15.8. The fraction of sp³-hybridized carbons (Fsp3) is 0.632. The number of piperidine rings is 1. The van der Waals surface area contributed by atoms with Crippen LogP contribution in [0.2, 0.25) is 0 Å². The van der Waals surface area contributed by atoms with Gasteiger partial charge in [0.05, 0.1) is 17.5 Å². The van der Waals surface area contributed by atoms with Gasteiger partial charge in [-0.25, -0.2) is 0 Å². The first-order chi connectivity index (χ1) is 12.0. The molecule has 136 valence electrons. The predicted molar refractivity (Wildman–Crippen MR) is 97.6 cm³/mol. The molecule has 0 aromatic carbocycles. The molecule has 2 aromatic rings. The Morgan fingerprint density at radius 3 is 2.84 bits per heavy atom. The van der Waals surface area contributed by atoms with Gasteiger partial charge >= 0.3 is 0 Å². The minimum absolute atomic E-state index is 0.142. The van der Waals surface area contributed by atoms with Crippen LogP contribution in [0.3, 0.4) is 0 Å². The van der Waals surface area contributed by atoms with Crippen LogP contribution < -0.4 is 0 Å². The number of carbonyl (C=O) groups is 1. The molecule has 1 fully saturated rings. The number of hydrogen-bond acceptors (Lipinski definition) is 3. The summed E-state index contributed by atoms with van der Waals surface area (Å²) in [4.78, 5) is 15.1. The lowest BCUT2D eigenvalue weighted by Crippen LogP contribution is -2.41. The highest BCUT2D eigenvalue weighted by molar-refractivity contribution is 5.96. The van der Waals surface area contributed by atoms with Gasteiger partial charge in [-0.05, 0) is 57.9 Å². The molecule has 0 spiro atoms. The molecular formula is C19H29N5O. The molecule has 6 heteroatoms. The third-order valence-electron chi connectivity index (χ3n) is 5.26. The molecule has 1 saturated heterocycles. The second-order valence-electron chi connectivity index (χ2n) is 7.26. The van der Waals surface area contributed by atoms with E-state index >= 15 is 0 Å². The highest BCUT2D eigenvalue weighted by Gasteiger charge is 2.28. The van der Waals surface area contributed by atoms with E-state index in [1.54, 1.807) is 0 Å². The summed E-state index contributed by atoms with van der Waals surface area (Å²) in [6.45, 7) is 10.7. The normalized spacial score (nSPS) is 17.9. The molecule has 3 rings (SSSR count). The zero-order valence-corrected chi connectivity index (χ0v) is 15.8. The van der Waals surface area contributed by atoms with Crippen LogP contribution in [0.1, 0.15) is 59.2 Å². The zero-order chi connectivity index (χ0) is 18.0. The number of rotatable bonds is 5. The summed E-state index contributed by atoms with van der Waals surface area (Å²) in [5, 5.41) is 11.8. The van der Waals surface area contributed by atoms with Gasteiger partial charge in [-0.15, -0.1) is 0 Å². The maximum absolute atomic E-state index is 13.1. The van der Waals surface area contributed by atoms with Crippen molar-refractivity contribution in [1.29, 1.82) is 0 Å². The first-order valence-electron chi connectivity index (χ1n) is 9.33. The van der Waals surface area contributed by atoms with Gasteiger partial charge < -0.3 is 4.90 Å². The van der Waals surface area contributed by atoms with Gasteiger partial charge in [0, 0.05) is 31.0 Å². The number of carbonyl (C=O) groups excluding carboxylic acids is 1. The lowest BCUT2D eigenvalue weighted by molar-refractivity contribution is 0.0671. The Labute approximate surface area is 149 Å². The number of nitrogens with one attached hydrogen (secondary N) is 1. The monoisotopic (exact) mass is 343 g/mol. The topological polar surface area (TPSA) is 66.8 Å². The van der Waals surface area contributed by atoms with Gasteiger partial charge in [0.2, 0.25) is 0 Å². The van der Waals surface area contributed by atoms with E-state index in [0.29, 0.717) is 5.92 Å². The SMILES string of the molecule is CCCn1nc(C)c(C(=O)N2CCC[C@H](Cc3[nH]ncc3C)C2)c1C. The average molecular weight is 343 g/mol. The van der Waals surface area contributed by atoms with Gasteiger partial charge in [0.25, 0.3) is 5.91 Å². The van der Waals surface area contributed by atoms with E-state index in [9.17, 15) is 4.79 Å². The number of amides is 1. The standard InChI is InChI=1S/C19H29N5O/c1-5-8-24-15(4)18(14(3)22-24)19(25)23-9-6-7-16(12-23)10-17-13(2)11-20-21-17/h11,16H,5-10,12H2,1-4H3,(H,20,21)/t16-/m1/s1. The summed E-state index contributed by atoms with van der Waals surface area (Å²) in [5.41, 5.74) is 5.04. The Morgan fingerprint density at radius 1 is 1.36 bits per heavy atom. The average Bonchev–Trinajstić information content (AvgIpc) is 3.11. The fourth-order valence-corrected chi connectivity index (χ4v) is 3.88. The molecule has 0 bridgehead atoms. The van der Waals surface area contributed by atoms with Crippen molar-refractivity contribution in [3.63, 3.8) is 0 Å². The quantitative estimate of drug-likeness (QED) is 0.907. The molecule has 1 aliphatic heterocycles. The third kappa shape index (κ3) is 3.62. The van der Waals surface area contributed by atoms with Gasteiger partial charge in [-0.3, -0.25) is 14.6 Å². The van der Waals surface area contributed by atoms with Crippen LogP contribution >= 0.6 is 0 Å². The van der Waals surface area contributed by atoms with Crippen molar-refractivity contribution in [3.05, 3.63) is 34.4 Å². The molecule has 1 aliphatic rings. The lowest BCUT2D eigenvalue weighted by atomic mass is 9.92. The second-order valence-corrected chi connectivity index (χ2v) is 7.26. The number of H-pyrrole nitrogens is 1. The summed E-state index contributed by atoms with van der Waals surface area (Å²) in [6.07, 6.45) is 6.07. The van der Waals surface area contributed by atoms with Crippen LogP contribution in [0.5, 0.6) is 0 Å². The van der Waals surface area contributed by atoms with Crippen LogP contribution in [-0.4, -0.2) is 43.9 Å². The van der Waals surface area contributed by atoms with Crippen LogP contribution in [0, 0.1) is 26.7 Å².